The first-order chi connectivity index (χ1) is 18.7. The van der Waals surface area contributed by atoms with E-state index in [1.54, 1.807) is 17.0 Å². The molecule has 1 aliphatic rings. The summed E-state index contributed by atoms with van der Waals surface area (Å²) in [6, 6.07) is 10.8. The smallest absolute Gasteiger partial charge is 0.406 e. The average molecular weight is 586 g/mol. The molecule has 40 heavy (non-hydrogen) atoms. The summed E-state index contributed by atoms with van der Waals surface area (Å²) in [6.45, 7) is 5.74. The molecule has 2 N–H and O–H groups in total. The summed E-state index contributed by atoms with van der Waals surface area (Å²) < 4.78 is 70.3. The number of hydrogen-bond acceptors (Lipinski definition) is 7. The Balaban J connectivity index is 1.74. The fourth-order valence-electron chi connectivity index (χ4n) is 4.16. The molecule has 2 aromatic rings. The first-order valence-electron chi connectivity index (χ1n) is 12.8. The summed E-state index contributed by atoms with van der Waals surface area (Å²) in [5.74, 6) is -1.86. The Bertz CT molecular complexity index is 1250. The molecule has 0 aromatic heterocycles. The molecule has 0 aliphatic carbocycles. The van der Waals surface area contributed by atoms with Crippen LogP contribution in [0.4, 0.5) is 18.9 Å². The third-order valence-electron chi connectivity index (χ3n) is 6.52. The number of alkyl halides is 3. The highest BCUT2D eigenvalue weighted by atomic mass is 32.2. The van der Waals surface area contributed by atoms with Crippen LogP contribution in [0.2, 0.25) is 0 Å². The molecule has 0 radical (unpaired) electrons. The third kappa shape index (κ3) is 9.40. The van der Waals surface area contributed by atoms with Gasteiger partial charge in [-0.15, -0.1) is 13.2 Å². The van der Waals surface area contributed by atoms with E-state index in [-0.39, 0.29) is 35.4 Å². The molecule has 0 saturated carbocycles. The minimum absolute atomic E-state index is 0.0347. The van der Waals surface area contributed by atoms with E-state index in [0.29, 0.717) is 37.6 Å². The van der Waals surface area contributed by atoms with Crippen LogP contribution in [0.1, 0.15) is 31.7 Å². The van der Waals surface area contributed by atoms with Gasteiger partial charge in [-0.25, -0.2) is 8.42 Å². The Morgan fingerprint density at radius 1 is 1.02 bits per heavy atom. The van der Waals surface area contributed by atoms with Crippen LogP contribution in [0.25, 0.3) is 0 Å². The predicted octanol–water partition coefficient (Wildman–Crippen LogP) is 3.57. The highest BCUT2D eigenvalue weighted by Gasteiger charge is 2.31. The number of anilines is 1. The normalized spacial score (nSPS) is 15.8. The third-order valence-corrected chi connectivity index (χ3v) is 7.64. The van der Waals surface area contributed by atoms with Crippen molar-refractivity contribution in [2.24, 2.45) is 5.92 Å². The maximum absolute atomic E-state index is 13.6. The van der Waals surface area contributed by atoms with Gasteiger partial charge in [0, 0.05) is 44.0 Å². The predicted molar refractivity (Wildman–Crippen MR) is 143 cm³/mol. The highest BCUT2D eigenvalue weighted by molar-refractivity contribution is 7.90. The molecule has 2 atom stereocenters. The van der Waals surface area contributed by atoms with Crippen LogP contribution >= 0.6 is 0 Å². The van der Waals surface area contributed by atoms with E-state index in [0.717, 1.165) is 6.26 Å². The number of benzene rings is 2. The highest BCUT2D eigenvalue weighted by Crippen LogP contribution is 2.26. The lowest BCUT2D eigenvalue weighted by Crippen LogP contribution is -2.47. The van der Waals surface area contributed by atoms with Crippen molar-refractivity contribution in [3.8, 4) is 5.75 Å². The van der Waals surface area contributed by atoms with Gasteiger partial charge in [0.15, 0.2) is 9.84 Å². The Morgan fingerprint density at radius 3 is 2.15 bits per heavy atom. The molecule has 2 amide bonds. The summed E-state index contributed by atoms with van der Waals surface area (Å²) in [4.78, 5) is 28.4. The van der Waals surface area contributed by atoms with Gasteiger partial charge in [0.1, 0.15) is 5.75 Å². The molecule has 1 heterocycles. The average Bonchev–Trinajstić information content (AvgIpc) is 2.89. The van der Waals surface area contributed by atoms with Gasteiger partial charge in [0.25, 0.3) is 0 Å². The summed E-state index contributed by atoms with van der Waals surface area (Å²) in [7, 11) is -3.44. The van der Waals surface area contributed by atoms with E-state index in [1.165, 1.54) is 36.4 Å². The van der Waals surface area contributed by atoms with Gasteiger partial charge in [0.05, 0.1) is 24.0 Å². The van der Waals surface area contributed by atoms with Crippen molar-refractivity contribution in [3.63, 3.8) is 0 Å². The molecular weight excluding hydrogens is 551 g/mol. The van der Waals surface area contributed by atoms with E-state index < -0.39 is 34.1 Å². The van der Waals surface area contributed by atoms with E-state index in [4.69, 9.17) is 4.74 Å². The molecule has 2 aromatic carbocycles. The van der Waals surface area contributed by atoms with Crippen molar-refractivity contribution in [3.05, 3.63) is 54.1 Å². The topological polar surface area (TPSA) is 114 Å². The summed E-state index contributed by atoms with van der Waals surface area (Å²) in [5.41, 5.74) is 1.03. The lowest BCUT2D eigenvalue weighted by molar-refractivity contribution is -0.274. The minimum atomic E-state index is -4.78. The largest absolute Gasteiger partial charge is 0.573 e. The van der Waals surface area contributed by atoms with Gasteiger partial charge in [-0.3, -0.25) is 9.59 Å². The lowest BCUT2D eigenvalue weighted by atomic mass is 9.92. The molecule has 1 aliphatic heterocycles. The zero-order valence-electron chi connectivity index (χ0n) is 22.5. The molecular formula is C27H34F3N3O6S. The van der Waals surface area contributed by atoms with Crippen LogP contribution in [0, 0.1) is 5.92 Å². The number of amides is 2. The van der Waals surface area contributed by atoms with Crippen molar-refractivity contribution in [1.82, 2.24) is 10.2 Å². The van der Waals surface area contributed by atoms with Crippen molar-refractivity contribution in [2.75, 3.05) is 44.4 Å². The number of carbonyl (C=O) groups excluding carboxylic acids is 2. The first kappa shape index (κ1) is 31.2. The van der Waals surface area contributed by atoms with E-state index in [9.17, 15) is 31.2 Å². The van der Waals surface area contributed by atoms with Crippen molar-refractivity contribution < 1.29 is 40.7 Å². The molecule has 1 fully saturated rings. The monoisotopic (exact) mass is 585 g/mol. The number of hydrogen-bond donors (Lipinski definition) is 2. The van der Waals surface area contributed by atoms with Crippen LogP contribution in [-0.4, -0.2) is 76.6 Å². The zero-order valence-corrected chi connectivity index (χ0v) is 23.3. The molecule has 9 nitrogen and oxygen atoms in total. The molecule has 0 spiro atoms. The number of carbonyl (C=O) groups is 2. The van der Waals surface area contributed by atoms with Crippen LogP contribution < -0.4 is 15.4 Å². The summed E-state index contributed by atoms with van der Waals surface area (Å²) in [5, 5.41) is 6.10. The van der Waals surface area contributed by atoms with Crippen LogP contribution in [0.15, 0.2) is 53.4 Å². The second-order valence-electron chi connectivity index (χ2n) is 9.90. The number of halogens is 3. The molecule has 1 saturated heterocycles. The number of sulfone groups is 1. The number of nitrogens with zero attached hydrogens (tertiary/aromatic N) is 1. The van der Waals surface area contributed by atoms with Gasteiger partial charge in [-0.1, -0.05) is 26.0 Å². The SMILES string of the molecule is CC(C)C(CNc1ccc(OC(F)(F)F)cc1)NC(=O)C(CC(=O)N1CCOCC1)c1ccc(S(C)(=O)=O)cc1. The van der Waals surface area contributed by atoms with Crippen LogP contribution in [0.5, 0.6) is 5.75 Å². The van der Waals surface area contributed by atoms with Gasteiger partial charge in [0.2, 0.25) is 11.8 Å². The lowest BCUT2D eigenvalue weighted by Gasteiger charge is -2.30. The van der Waals surface area contributed by atoms with Crippen LogP contribution in [0.3, 0.4) is 0 Å². The molecule has 2 unspecified atom stereocenters. The summed E-state index contributed by atoms with van der Waals surface area (Å²) >= 11 is 0. The van der Waals surface area contributed by atoms with E-state index >= 15 is 0 Å². The molecule has 13 heteroatoms. The fourth-order valence-corrected chi connectivity index (χ4v) is 4.80. The fraction of sp³-hybridized carbons (Fsp3) is 0.481. The maximum atomic E-state index is 13.6. The van der Waals surface area contributed by atoms with Gasteiger partial charge in [-0.05, 0) is 47.9 Å². The number of ether oxygens (including phenoxy) is 2. The Kier molecular flexibility index (Phi) is 10.4. The number of nitrogens with one attached hydrogen (secondary N) is 2. The van der Waals surface area contributed by atoms with E-state index in [2.05, 4.69) is 15.4 Å². The van der Waals surface area contributed by atoms with Gasteiger partial charge in [-0.2, -0.15) is 0 Å². The number of rotatable bonds is 11. The van der Waals surface area contributed by atoms with Gasteiger partial charge >= 0.3 is 6.36 Å². The minimum Gasteiger partial charge on any atom is -0.406 e. The number of morpholine rings is 1. The quantitative estimate of drug-likeness (QED) is 0.415. The van der Waals surface area contributed by atoms with Crippen molar-refractivity contribution in [1.29, 1.82) is 0 Å². The van der Waals surface area contributed by atoms with Crippen molar-refractivity contribution in [2.45, 2.75) is 43.5 Å². The first-order valence-corrected chi connectivity index (χ1v) is 14.7. The second kappa shape index (κ2) is 13.4. The summed E-state index contributed by atoms with van der Waals surface area (Å²) in [6.07, 6.45) is -3.80. The Labute approximate surface area is 231 Å². The van der Waals surface area contributed by atoms with Crippen LogP contribution in [-0.2, 0) is 24.2 Å². The Hall–Kier alpha value is -3.32. The molecule has 3 rings (SSSR count). The standard InChI is InChI=1S/C27H34F3N3O6S/c1-18(2)24(17-31-20-6-8-21(9-7-20)39-27(28,29)30)32-26(35)23(16-25(34)33-12-14-38-15-13-33)19-4-10-22(11-5-19)40(3,36)37/h4-11,18,23-24,31H,12-17H2,1-3H3,(H,32,35). The second-order valence-corrected chi connectivity index (χ2v) is 11.9. The molecule has 220 valence electrons. The van der Waals surface area contributed by atoms with Crippen molar-refractivity contribution >= 4 is 27.3 Å². The maximum Gasteiger partial charge on any atom is 0.573 e. The zero-order chi connectivity index (χ0) is 29.5. The Morgan fingerprint density at radius 2 is 1.62 bits per heavy atom. The van der Waals surface area contributed by atoms with Gasteiger partial charge < -0.3 is 25.0 Å². The van der Waals surface area contributed by atoms with E-state index in [1.807, 2.05) is 13.8 Å². The molecule has 0 bridgehead atoms.